The molecule has 1 aliphatic rings. The van der Waals surface area contributed by atoms with E-state index in [4.69, 9.17) is 16.3 Å². The molecule has 1 aromatic rings. The van der Waals surface area contributed by atoms with Crippen LogP contribution >= 0.6 is 23.4 Å². The molecular formula is C12H19ClN2OS. The van der Waals surface area contributed by atoms with Crippen molar-refractivity contribution in [2.45, 2.75) is 49.4 Å². The SMILES string of the molecule is Cn1c(CCl)cnc1SCC1CCC(C)(C)O1. The van der Waals surface area contributed by atoms with E-state index in [9.17, 15) is 0 Å². The monoisotopic (exact) mass is 274 g/mol. The van der Waals surface area contributed by atoms with Crippen LogP contribution in [0.15, 0.2) is 11.4 Å². The van der Waals surface area contributed by atoms with Crippen molar-refractivity contribution in [3.63, 3.8) is 0 Å². The van der Waals surface area contributed by atoms with Gasteiger partial charge in [0.15, 0.2) is 5.16 Å². The van der Waals surface area contributed by atoms with Gasteiger partial charge < -0.3 is 9.30 Å². The molecule has 1 aromatic heterocycles. The molecule has 0 aliphatic carbocycles. The normalized spacial score (nSPS) is 23.2. The number of ether oxygens (including phenoxy) is 1. The number of halogens is 1. The summed E-state index contributed by atoms with van der Waals surface area (Å²) in [6.07, 6.45) is 4.49. The first-order valence-electron chi connectivity index (χ1n) is 5.89. The molecule has 0 spiro atoms. The molecule has 3 nitrogen and oxygen atoms in total. The Balaban J connectivity index is 1.88. The lowest BCUT2D eigenvalue weighted by Crippen LogP contribution is -2.21. The van der Waals surface area contributed by atoms with Crippen LogP contribution < -0.4 is 0 Å². The van der Waals surface area contributed by atoms with Crippen molar-refractivity contribution in [1.82, 2.24) is 9.55 Å². The van der Waals surface area contributed by atoms with E-state index in [1.165, 1.54) is 0 Å². The molecule has 96 valence electrons. The van der Waals surface area contributed by atoms with Gasteiger partial charge in [0.05, 0.1) is 29.5 Å². The van der Waals surface area contributed by atoms with Crippen molar-refractivity contribution >= 4 is 23.4 Å². The summed E-state index contributed by atoms with van der Waals surface area (Å²) in [5, 5.41) is 1.02. The molecule has 1 aliphatic heterocycles. The van der Waals surface area contributed by atoms with E-state index in [1.54, 1.807) is 11.8 Å². The largest absolute Gasteiger partial charge is 0.371 e. The molecule has 0 aromatic carbocycles. The summed E-state index contributed by atoms with van der Waals surface area (Å²) in [5.74, 6) is 1.48. The zero-order valence-electron chi connectivity index (χ0n) is 10.6. The van der Waals surface area contributed by atoms with Crippen molar-refractivity contribution in [1.29, 1.82) is 0 Å². The Bertz CT molecular complexity index is 392. The molecule has 1 saturated heterocycles. The molecule has 2 heterocycles. The molecule has 0 amide bonds. The fourth-order valence-corrected chi connectivity index (χ4v) is 3.30. The highest BCUT2D eigenvalue weighted by atomic mass is 35.5. The van der Waals surface area contributed by atoms with Crippen molar-refractivity contribution < 1.29 is 4.74 Å². The van der Waals surface area contributed by atoms with E-state index in [0.29, 0.717) is 12.0 Å². The van der Waals surface area contributed by atoms with Gasteiger partial charge in [-0.05, 0) is 26.7 Å². The number of alkyl halides is 1. The molecule has 1 fully saturated rings. The van der Waals surface area contributed by atoms with Gasteiger partial charge in [0.2, 0.25) is 0 Å². The third kappa shape index (κ3) is 3.18. The maximum Gasteiger partial charge on any atom is 0.168 e. The Morgan fingerprint density at radius 1 is 1.65 bits per heavy atom. The lowest BCUT2D eigenvalue weighted by molar-refractivity contribution is -0.00469. The second kappa shape index (κ2) is 5.21. The molecule has 0 N–H and O–H groups in total. The predicted octanol–water partition coefficient (Wildman–Crippen LogP) is 3.21. The van der Waals surface area contributed by atoms with Crippen LogP contribution in [0.4, 0.5) is 0 Å². The first-order valence-corrected chi connectivity index (χ1v) is 7.41. The number of nitrogens with zero attached hydrogens (tertiary/aromatic N) is 2. The molecule has 1 unspecified atom stereocenters. The minimum atomic E-state index is 0.0498. The summed E-state index contributed by atoms with van der Waals surface area (Å²) in [6.45, 7) is 4.31. The van der Waals surface area contributed by atoms with Gasteiger partial charge in [-0.25, -0.2) is 4.98 Å². The molecule has 17 heavy (non-hydrogen) atoms. The number of hydrogen-bond acceptors (Lipinski definition) is 3. The van der Waals surface area contributed by atoms with Gasteiger partial charge >= 0.3 is 0 Å². The van der Waals surface area contributed by atoms with Crippen LogP contribution in [-0.2, 0) is 17.7 Å². The van der Waals surface area contributed by atoms with Gasteiger partial charge in [-0.1, -0.05) is 11.8 Å². The maximum atomic E-state index is 5.96. The van der Waals surface area contributed by atoms with Crippen molar-refractivity contribution in [2.24, 2.45) is 7.05 Å². The molecule has 2 rings (SSSR count). The summed E-state index contributed by atoms with van der Waals surface area (Å²) in [7, 11) is 2.01. The minimum Gasteiger partial charge on any atom is -0.371 e. The smallest absolute Gasteiger partial charge is 0.168 e. The average molecular weight is 275 g/mol. The summed E-state index contributed by atoms with van der Waals surface area (Å²) in [5.41, 5.74) is 1.11. The first-order chi connectivity index (χ1) is 8.02. The lowest BCUT2D eigenvalue weighted by atomic mass is 10.1. The van der Waals surface area contributed by atoms with Gasteiger partial charge in [0.1, 0.15) is 0 Å². The number of aromatic nitrogens is 2. The van der Waals surface area contributed by atoms with Crippen LogP contribution in [0.1, 0.15) is 32.4 Å². The summed E-state index contributed by atoms with van der Waals surface area (Å²) in [6, 6.07) is 0. The highest BCUT2D eigenvalue weighted by Gasteiger charge is 2.31. The fraction of sp³-hybridized carbons (Fsp3) is 0.750. The average Bonchev–Trinajstić information content (AvgIpc) is 2.79. The molecule has 0 radical (unpaired) electrons. The molecule has 0 saturated carbocycles. The third-order valence-electron chi connectivity index (χ3n) is 3.13. The fourth-order valence-electron chi connectivity index (χ4n) is 2.05. The Morgan fingerprint density at radius 2 is 2.41 bits per heavy atom. The van der Waals surface area contributed by atoms with Gasteiger partial charge in [-0.2, -0.15) is 0 Å². The topological polar surface area (TPSA) is 27.1 Å². The van der Waals surface area contributed by atoms with Crippen molar-refractivity contribution in [3.8, 4) is 0 Å². The summed E-state index contributed by atoms with van der Waals surface area (Å²) >= 11 is 7.56. The Kier molecular flexibility index (Phi) is 4.06. The Hall–Kier alpha value is -0.190. The minimum absolute atomic E-state index is 0.0498. The number of thioether (sulfide) groups is 1. The van der Waals surface area contributed by atoms with Crippen molar-refractivity contribution in [3.05, 3.63) is 11.9 Å². The predicted molar refractivity (Wildman–Crippen MR) is 71.7 cm³/mol. The Labute approximate surface area is 112 Å². The number of hydrogen-bond donors (Lipinski definition) is 0. The van der Waals surface area contributed by atoms with Gasteiger partial charge in [0, 0.05) is 12.8 Å². The van der Waals surface area contributed by atoms with Gasteiger partial charge in [-0.3, -0.25) is 0 Å². The van der Waals surface area contributed by atoms with Gasteiger partial charge in [0.25, 0.3) is 0 Å². The number of imidazole rings is 1. The summed E-state index contributed by atoms with van der Waals surface area (Å²) in [4.78, 5) is 4.37. The molecular weight excluding hydrogens is 256 g/mol. The van der Waals surface area contributed by atoms with E-state index in [-0.39, 0.29) is 5.60 Å². The molecule has 0 bridgehead atoms. The van der Waals surface area contributed by atoms with Crippen LogP contribution in [-0.4, -0.2) is 27.0 Å². The second-order valence-electron chi connectivity index (χ2n) is 5.07. The molecule has 5 heteroatoms. The van der Waals surface area contributed by atoms with Crippen LogP contribution in [0.5, 0.6) is 0 Å². The zero-order valence-corrected chi connectivity index (χ0v) is 12.1. The summed E-state index contributed by atoms with van der Waals surface area (Å²) < 4.78 is 8.01. The zero-order chi connectivity index (χ0) is 12.5. The van der Waals surface area contributed by atoms with E-state index < -0.39 is 0 Å². The van der Waals surface area contributed by atoms with Crippen LogP contribution in [0.3, 0.4) is 0 Å². The van der Waals surface area contributed by atoms with Crippen LogP contribution in [0.2, 0.25) is 0 Å². The van der Waals surface area contributed by atoms with Crippen LogP contribution in [0.25, 0.3) is 0 Å². The quantitative estimate of drug-likeness (QED) is 0.623. The van der Waals surface area contributed by atoms with Crippen LogP contribution in [0, 0.1) is 0 Å². The van der Waals surface area contributed by atoms with E-state index >= 15 is 0 Å². The Morgan fingerprint density at radius 3 is 2.94 bits per heavy atom. The van der Waals surface area contributed by atoms with Gasteiger partial charge in [-0.15, -0.1) is 11.6 Å². The third-order valence-corrected chi connectivity index (χ3v) is 4.58. The first kappa shape index (κ1) is 13.2. The molecule has 1 atom stereocenters. The second-order valence-corrected chi connectivity index (χ2v) is 6.33. The van der Waals surface area contributed by atoms with E-state index in [0.717, 1.165) is 29.4 Å². The lowest BCUT2D eigenvalue weighted by Gasteiger charge is -2.18. The highest BCUT2D eigenvalue weighted by molar-refractivity contribution is 7.99. The number of rotatable bonds is 4. The standard InChI is InChI=1S/C12H19ClN2OS/c1-12(2)5-4-10(16-12)8-17-11-14-7-9(6-13)15(11)3/h7,10H,4-6,8H2,1-3H3. The van der Waals surface area contributed by atoms with E-state index in [1.807, 2.05) is 13.2 Å². The van der Waals surface area contributed by atoms with E-state index in [2.05, 4.69) is 23.4 Å². The highest BCUT2D eigenvalue weighted by Crippen LogP contribution is 2.32. The maximum absolute atomic E-state index is 5.96. The van der Waals surface area contributed by atoms with Crippen molar-refractivity contribution in [2.75, 3.05) is 5.75 Å².